The maximum atomic E-state index is 11.7. The second-order valence-corrected chi connectivity index (χ2v) is 5.94. The van der Waals surface area contributed by atoms with Crippen LogP contribution in [0.5, 0.6) is 0 Å². The average molecular weight is 266 g/mol. The highest BCUT2D eigenvalue weighted by molar-refractivity contribution is 5.72. The van der Waals surface area contributed by atoms with Gasteiger partial charge in [-0.25, -0.2) is 0 Å². The summed E-state index contributed by atoms with van der Waals surface area (Å²) in [5.74, 6) is -0.196. The molecule has 0 bridgehead atoms. The van der Waals surface area contributed by atoms with Crippen molar-refractivity contribution in [2.45, 2.75) is 71.9 Å². The van der Waals surface area contributed by atoms with Crippen LogP contribution in [0.4, 0.5) is 0 Å². The van der Waals surface area contributed by atoms with E-state index in [1.807, 2.05) is 31.6 Å². The molecule has 0 spiro atoms. The molecular formula is C15H26N2O2. The summed E-state index contributed by atoms with van der Waals surface area (Å²) >= 11 is 0. The van der Waals surface area contributed by atoms with Crippen LogP contribution in [0.1, 0.15) is 58.9 Å². The summed E-state index contributed by atoms with van der Waals surface area (Å²) in [4.78, 5) is 11.7. The molecule has 0 radical (unpaired) electrons. The van der Waals surface area contributed by atoms with Crippen LogP contribution in [0.15, 0.2) is 12.4 Å². The summed E-state index contributed by atoms with van der Waals surface area (Å²) < 4.78 is 7.20. The molecule has 0 aliphatic heterocycles. The molecule has 4 nitrogen and oxygen atoms in total. The van der Waals surface area contributed by atoms with Gasteiger partial charge in [0.1, 0.15) is 5.60 Å². The number of aromatic nitrogens is 2. The van der Waals surface area contributed by atoms with Crippen LogP contribution in [0.2, 0.25) is 0 Å². The van der Waals surface area contributed by atoms with E-state index in [-0.39, 0.29) is 5.97 Å². The Morgan fingerprint density at radius 1 is 1.32 bits per heavy atom. The van der Waals surface area contributed by atoms with E-state index in [1.165, 1.54) is 19.3 Å². The fourth-order valence-electron chi connectivity index (χ4n) is 1.86. The molecule has 0 N–H and O–H groups in total. The van der Waals surface area contributed by atoms with Crippen LogP contribution in [0, 0.1) is 0 Å². The lowest BCUT2D eigenvalue weighted by Gasteiger charge is -2.19. The van der Waals surface area contributed by atoms with Crippen molar-refractivity contribution in [2.75, 3.05) is 0 Å². The molecule has 1 rings (SSSR count). The van der Waals surface area contributed by atoms with Gasteiger partial charge in [0.05, 0.1) is 12.6 Å². The standard InChI is InChI=1S/C15H26N2O2/c1-5-6-7-8-9-17-12-13(11-16-17)10-14(18)19-15(2,3)4/h11-12H,5-10H2,1-4H3. The van der Waals surface area contributed by atoms with Gasteiger partial charge in [-0.15, -0.1) is 0 Å². The quantitative estimate of drug-likeness (QED) is 0.561. The molecule has 0 unspecified atom stereocenters. The summed E-state index contributed by atoms with van der Waals surface area (Å²) in [6.07, 6.45) is 8.88. The molecule has 1 aromatic heterocycles. The summed E-state index contributed by atoms with van der Waals surface area (Å²) in [6.45, 7) is 8.76. The van der Waals surface area contributed by atoms with E-state index < -0.39 is 5.60 Å². The average Bonchev–Trinajstić information content (AvgIpc) is 2.69. The number of carbonyl (C=O) groups excluding carboxylic acids is 1. The Labute approximate surface area is 116 Å². The molecule has 1 heterocycles. The Balaban J connectivity index is 2.36. The predicted molar refractivity (Wildman–Crippen MR) is 75.9 cm³/mol. The minimum Gasteiger partial charge on any atom is -0.460 e. The van der Waals surface area contributed by atoms with Crippen molar-refractivity contribution >= 4 is 5.97 Å². The van der Waals surface area contributed by atoms with Crippen molar-refractivity contribution in [2.24, 2.45) is 0 Å². The van der Waals surface area contributed by atoms with Gasteiger partial charge in [-0.05, 0) is 27.2 Å². The van der Waals surface area contributed by atoms with Crippen LogP contribution in [0.25, 0.3) is 0 Å². The number of carbonyl (C=O) groups is 1. The number of ether oxygens (including phenoxy) is 1. The van der Waals surface area contributed by atoms with E-state index in [4.69, 9.17) is 4.74 Å². The van der Waals surface area contributed by atoms with Gasteiger partial charge < -0.3 is 4.74 Å². The minimum atomic E-state index is -0.423. The molecule has 0 fully saturated rings. The summed E-state index contributed by atoms with van der Waals surface area (Å²) in [6, 6.07) is 0. The Kier molecular flexibility index (Phi) is 6.06. The van der Waals surface area contributed by atoms with Crippen molar-refractivity contribution in [1.82, 2.24) is 9.78 Å². The zero-order valence-electron chi connectivity index (χ0n) is 12.6. The number of nitrogens with zero attached hydrogens (tertiary/aromatic N) is 2. The van der Waals surface area contributed by atoms with Crippen LogP contribution in [-0.2, 0) is 22.5 Å². The molecule has 1 aromatic rings. The van der Waals surface area contributed by atoms with E-state index in [0.29, 0.717) is 6.42 Å². The minimum absolute atomic E-state index is 0.196. The van der Waals surface area contributed by atoms with Gasteiger partial charge in [0.25, 0.3) is 0 Å². The summed E-state index contributed by atoms with van der Waals surface area (Å²) in [5, 5.41) is 4.27. The van der Waals surface area contributed by atoms with Gasteiger partial charge in [-0.2, -0.15) is 5.10 Å². The molecule has 0 amide bonds. The first-order valence-electron chi connectivity index (χ1n) is 7.14. The third-order valence-corrected chi connectivity index (χ3v) is 2.70. The fraction of sp³-hybridized carbons (Fsp3) is 0.733. The molecule has 0 saturated heterocycles. The molecule has 0 aliphatic rings. The Morgan fingerprint density at radius 2 is 2.05 bits per heavy atom. The third kappa shape index (κ3) is 6.99. The highest BCUT2D eigenvalue weighted by Crippen LogP contribution is 2.10. The lowest BCUT2D eigenvalue weighted by molar-refractivity contribution is -0.153. The van der Waals surface area contributed by atoms with Gasteiger partial charge in [-0.1, -0.05) is 26.2 Å². The maximum Gasteiger partial charge on any atom is 0.310 e. The zero-order chi connectivity index (χ0) is 14.3. The van der Waals surface area contributed by atoms with Crippen LogP contribution < -0.4 is 0 Å². The first-order chi connectivity index (χ1) is 8.90. The fourth-order valence-corrected chi connectivity index (χ4v) is 1.86. The Morgan fingerprint density at radius 3 is 2.68 bits per heavy atom. The SMILES string of the molecule is CCCCCCn1cc(CC(=O)OC(C)(C)C)cn1. The van der Waals surface area contributed by atoms with Crippen molar-refractivity contribution in [3.8, 4) is 0 Å². The number of rotatable bonds is 7. The van der Waals surface area contributed by atoms with E-state index >= 15 is 0 Å². The smallest absolute Gasteiger partial charge is 0.310 e. The number of hydrogen-bond acceptors (Lipinski definition) is 3. The summed E-state index contributed by atoms with van der Waals surface area (Å²) in [5.41, 5.74) is 0.498. The van der Waals surface area contributed by atoms with E-state index in [9.17, 15) is 4.79 Å². The van der Waals surface area contributed by atoms with Crippen molar-refractivity contribution in [1.29, 1.82) is 0 Å². The molecule has 0 aliphatic carbocycles. The van der Waals surface area contributed by atoms with E-state index in [0.717, 1.165) is 18.5 Å². The normalized spacial score (nSPS) is 11.6. The first kappa shape index (κ1) is 15.7. The third-order valence-electron chi connectivity index (χ3n) is 2.70. The second kappa shape index (κ2) is 7.31. The highest BCUT2D eigenvalue weighted by atomic mass is 16.6. The molecule has 108 valence electrons. The van der Waals surface area contributed by atoms with Crippen LogP contribution in [0.3, 0.4) is 0 Å². The van der Waals surface area contributed by atoms with Crippen molar-refractivity contribution < 1.29 is 9.53 Å². The van der Waals surface area contributed by atoms with Crippen molar-refractivity contribution in [3.63, 3.8) is 0 Å². The number of unbranched alkanes of at least 4 members (excludes halogenated alkanes) is 3. The topological polar surface area (TPSA) is 44.1 Å². The maximum absolute atomic E-state index is 11.7. The number of aryl methyl sites for hydroxylation is 1. The molecular weight excluding hydrogens is 240 g/mol. The van der Waals surface area contributed by atoms with Gasteiger partial charge >= 0.3 is 5.97 Å². The van der Waals surface area contributed by atoms with Gasteiger partial charge in [0.15, 0.2) is 0 Å². The molecule has 0 saturated carbocycles. The Hall–Kier alpha value is -1.32. The zero-order valence-corrected chi connectivity index (χ0v) is 12.6. The van der Waals surface area contributed by atoms with Crippen LogP contribution in [-0.4, -0.2) is 21.4 Å². The van der Waals surface area contributed by atoms with Gasteiger partial charge in [0, 0.05) is 18.3 Å². The Bertz CT molecular complexity index is 391. The number of hydrogen-bond donors (Lipinski definition) is 0. The van der Waals surface area contributed by atoms with Gasteiger partial charge in [0.2, 0.25) is 0 Å². The predicted octanol–water partition coefficient (Wildman–Crippen LogP) is 3.35. The number of esters is 1. The molecule has 0 atom stereocenters. The van der Waals surface area contributed by atoms with Crippen molar-refractivity contribution in [3.05, 3.63) is 18.0 Å². The first-order valence-corrected chi connectivity index (χ1v) is 7.14. The highest BCUT2D eigenvalue weighted by Gasteiger charge is 2.16. The molecule has 0 aromatic carbocycles. The van der Waals surface area contributed by atoms with Crippen LogP contribution >= 0.6 is 0 Å². The van der Waals surface area contributed by atoms with E-state index in [1.54, 1.807) is 6.20 Å². The molecule has 19 heavy (non-hydrogen) atoms. The largest absolute Gasteiger partial charge is 0.460 e. The van der Waals surface area contributed by atoms with E-state index in [2.05, 4.69) is 12.0 Å². The summed E-state index contributed by atoms with van der Waals surface area (Å²) in [7, 11) is 0. The monoisotopic (exact) mass is 266 g/mol. The second-order valence-electron chi connectivity index (χ2n) is 5.94. The van der Waals surface area contributed by atoms with Gasteiger partial charge in [-0.3, -0.25) is 9.48 Å². The lowest BCUT2D eigenvalue weighted by atomic mass is 10.2. The molecule has 4 heteroatoms. The lowest BCUT2D eigenvalue weighted by Crippen LogP contribution is -2.24.